The Hall–Kier alpha value is -1.00. The maximum absolute atomic E-state index is 13.1. The molecule has 2 rings (SSSR count). The van der Waals surface area contributed by atoms with E-state index in [1.54, 1.807) is 6.07 Å². The third-order valence-corrected chi connectivity index (χ3v) is 3.55. The van der Waals surface area contributed by atoms with E-state index in [0.717, 1.165) is 35.4 Å². The number of rotatable bonds is 6. The van der Waals surface area contributed by atoms with Gasteiger partial charge in [0.25, 0.3) is 0 Å². The van der Waals surface area contributed by atoms with Crippen LogP contribution in [0.15, 0.2) is 28.7 Å². The normalized spacial score (nSPS) is 13.1. The summed E-state index contributed by atoms with van der Waals surface area (Å²) in [6.07, 6.45) is 3.11. The summed E-state index contributed by atoms with van der Waals surface area (Å²) in [6, 6.07) is 6.77. The summed E-state index contributed by atoms with van der Waals surface area (Å²) in [7, 11) is 0. The Kier molecular flexibility index (Phi) is 4.66. The highest BCUT2D eigenvalue weighted by Gasteiger charge is 2.15. The van der Waals surface area contributed by atoms with Crippen LogP contribution >= 0.6 is 11.8 Å². The third-order valence-electron chi connectivity index (χ3n) is 2.90. The minimum atomic E-state index is -0.223. The van der Waals surface area contributed by atoms with Gasteiger partial charge in [0.05, 0.1) is 6.04 Å². The molecule has 0 saturated heterocycles. The molecule has 0 saturated carbocycles. The van der Waals surface area contributed by atoms with Crippen LogP contribution in [0, 0.1) is 5.82 Å². The Labute approximate surface area is 111 Å². The third kappa shape index (κ3) is 3.06. The predicted octanol–water partition coefficient (Wildman–Crippen LogP) is 3.98. The van der Waals surface area contributed by atoms with Crippen molar-refractivity contribution >= 4 is 22.7 Å². The zero-order valence-electron chi connectivity index (χ0n) is 10.7. The topological polar surface area (TPSA) is 25.2 Å². The average molecular weight is 267 g/mol. The van der Waals surface area contributed by atoms with Crippen LogP contribution in [-0.4, -0.2) is 18.6 Å². The Bertz CT molecular complexity index is 511. The maximum atomic E-state index is 13.1. The molecule has 0 spiro atoms. The number of hydrogen-bond donors (Lipinski definition) is 1. The average Bonchev–Trinajstić information content (AvgIpc) is 2.77. The summed E-state index contributed by atoms with van der Waals surface area (Å²) in [4.78, 5) is 0. The molecule has 1 unspecified atom stereocenters. The van der Waals surface area contributed by atoms with Crippen molar-refractivity contribution in [3.8, 4) is 0 Å². The van der Waals surface area contributed by atoms with Gasteiger partial charge in [0, 0.05) is 5.39 Å². The molecule has 0 aliphatic rings. The number of fused-ring (bicyclic) bond motifs is 1. The molecular weight excluding hydrogens is 249 g/mol. The molecule has 1 aromatic carbocycles. The zero-order chi connectivity index (χ0) is 13.0. The molecule has 0 aliphatic carbocycles. The summed E-state index contributed by atoms with van der Waals surface area (Å²) in [5, 5.41) is 4.24. The molecule has 0 radical (unpaired) electrons. The van der Waals surface area contributed by atoms with Crippen molar-refractivity contribution < 1.29 is 8.81 Å². The van der Waals surface area contributed by atoms with E-state index in [-0.39, 0.29) is 11.9 Å². The van der Waals surface area contributed by atoms with Gasteiger partial charge >= 0.3 is 0 Å². The molecule has 18 heavy (non-hydrogen) atoms. The maximum Gasteiger partial charge on any atom is 0.134 e. The van der Waals surface area contributed by atoms with Crippen molar-refractivity contribution in [1.82, 2.24) is 5.32 Å². The molecule has 1 heterocycles. The van der Waals surface area contributed by atoms with Crippen molar-refractivity contribution in [2.24, 2.45) is 0 Å². The Morgan fingerprint density at radius 2 is 2.22 bits per heavy atom. The first-order valence-corrected chi connectivity index (χ1v) is 7.55. The highest BCUT2D eigenvalue weighted by atomic mass is 32.2. The highest BCUT2D eigenvalue weighted by molar-refractivity contribution is 7.98. The van der Waals surface area contributed by atoms with E-state index in [2.05, 4.69) is 18.5 Å². The quantitative estimate of drug-likeness (QED) is 0.857. The van der Waals surface area contributed by atoms with Crippen LogP contribution in [-0.2, 0) is 0 Å². The SMILES string of the molecule is CCNC(CCSC)c1cc2cc(F)ccc2o1. The van der Waals surface area contributed by atoms with E-state index in [4.69, 9.17) is 4.42 Å². The fraction of sp³-hybridized carbons (Fsp3) is 0.429. The lowest BCUT2D eigenvalue weighted by Gasteiger charge is -2.14. The summed E-state index contributed by atoms with van der Waals surface area (Å²) in [5.41, 5.74) is 0.749. The monoisotopic (exact) mass is 267 g/mol. The van der Waals surface area contributed by atoms with Gasteiger partial charge in [-0.3, -0.25) is 0 Å². The number of hydrogen-bond acceptors (Lipinski definition) is 3. The Morgan fingerprint density at radius 1 is 1.39 bits per heavy atom. The molecule has 1 atom stereocenters. The van der Waals surface area contributed by atoms with Gasteiger partial charge < -0.3 is 9.73 Å². The molecule has 98 valence electrons. The Balaban J connectivity index is 2.26. The number of benzene rings is 1. The van der Waals surface area contributed by atoms with Gasteiger partial charge in [-0.25, -0.2) is 4.39 Å². The lowest BCUT2D eigenvalue weighted by molar-refractivity contribution is 0.430. The van der Waals surface area contributed by atoms with Gasteiger partial charge in [0.2, 0.25) is 0 Å². The number of furan rings is 1. The van der Waals surface area contributed by atoms with E-state index in [1.807, 2.05) is 17.8 Å². The second-order valence-electron chi connectivity index (χ2n) is 4.22. The number of thioether (sulfide) groups is 1. The van der Waals surface area contributed by atoms with Crippen molar-refractivity contribution in [2.75, 3.05) is 18.6 Å². The minimum absolute atomic E-state index is 0.206. The molecule has 4 heteroatoms. The van der Waals surface area contributed by atoms with E-state index >= 15 is 0 Å². The number of halogens is 1. The summed E-state index contributed by atoms with van der Waals surface area (Å²) < 4.78 is 18.9. The second kappa shape index (κ2) is 6.25. The van der Waals surface area contributed by atoms with Crippen LogP contribution in [0.1, 0.15) is 25.1 Å². The smallest absolute Gasteiger partial charge is 0.134 e. The van der Waals surface area contributed by atoms with Crippen LogP contribution in [0.25, 0.3) is 11.0 Å². The second-order valence-corrected chi connectivity index (χ2v) is 5.21. The van der Waals surface area contributed by atoms with Crippen LogP contribution in [0.4, 0.5) is 4.39 Å². The van der Waals surface area contributed by atoms with Gasteiger partial charge in [-0.1, -0.05) is 6.92 Å². The van der Waals surface area contributed by atoms with E-state index in [0.29, 0.717) is 0 Å². The molecule has 0 fully saturated rings. The lowest BCUT2D eigenvalue weighted by atomic mass is 10.1. The molecule has 2 nitrogen and oxygen atoms in total. The van der Waals surface area contributed by atoms with Gasteiger partial charge in [-0.2, -0.15) is 11.8 Å². The molecule has 0 aliphatic heterocycles. The largest absolute Gasteiger partial charge is 0.459 e. The highest BCUT2D eigenvalue weighted by Crippen LogP contribution is 2.27. The van der Waals surface area contributed by atoms with Crippen molar-refractivity contribution in [3.63, 3.8) is 0 Å². The van der Waals surface area contributed by atoms with Crippen molar-refractivity contribution in [1.29, 1.82) is 0 Å². The summed E-state index contributed by atoms with van der Waals surface area (Å²) in [5.74, 6) is 1.74. The van der Waals surface area contributed by atoms with Gasteiger partial charge in [0.1, 0.15) is 17.2 Å². The van der Waals surface area contributed by atoms with Crippen LogP contribution in [0.5, 0.6) is 0 Å². The summed E-state index contributed by atoms with van der Waals surface area (Å²) in [6.45, 7) is 2.97. The number of nitrogens with one attached hydrogen (secondary N) is 1. The van der Waals surface area contributed by atoms with Gasteiger partial charge in [-0.05, 0) is 49.2 Å². The Morgan fingerprint density at radius 3 is 2.94 bits per heavy atom. The molecule has 1 N–H and O–H groups in total. The molecule has 0 bridgehead atoms. The molecule has 1 aromatic heterocycles. The van der Waals surface area contributed by atoms with Crippen molar-refractivity contribution in [3.05, 3.63) is 35.8 Å². The predicted molar refractivity (Wildman–Crippen MR) is 75.6 cm³/mol. The van der Waals surface area contributed by atoms with Crippen LogP contribution in [0.3, 0.4) is 0 Å². The first-order chi connectivity index (χ1) is 8.74. The first-order valence-electron chi connectivity index (χ1n) is 6.16. The summed E-state index contributed by atoms with van der Waals surface area (Å²) >= 11 is 1.82. The zero-order valence-corrected chi connectivity index (χ0v) is 11.5. The molecule has 0 amide bonds. The molecular formula is C14H18FNOS. The van der Waals surface area contributed by atoms with Gasteiger partial charge in [-0.15, -0.1) is 0 Å². The standard InChI is InChI=1S/C14H18FNOS/c1-3-16-12(6-7-18-2)14-9-10-8-11(15)4-5-13(10)17-14/h4-5,8-9,12,16H,3,6-7H2,1-2H3. The minimum Gasteiger partial charge on any atom is -0.459 e. The molecule has 2 aromatic rings. The van der Waals surface area contributed by atoms with Crippen LogP contribution in [0.2, 0.25) is 0 Å². The van der Waals surface area contributed by atoms with Gasteiger partial charge in [0.15, 0.2) is 0 Å². The fourth-order valence-electron chi connectivity index (χ4n) is 2.03. The van der Waals surface area contributed by atoms with E-state index in [1.165, 1.54) is 12.1 Å². The van der Waals surface area contributed by atoms with E-state index in [9.17, 15) is 4.39 Å². The fourth-order valence-corrected chi connectivity index (χ4v) is 2.50. The lowest BCUT2D eigenvalue weighted by Crippen LogP contribution is -2.20. The first kappa shape index (κ1) is 13.4. The van der Waals surface area contributed by atoms with E-state index < -0.39 is 0 Å². The van der Waals surface area contributed by atoms with Crippen molar-refractivity contribution in [2.45, 2.75) is 19.4 Å². The van der Waals surface area contributed by atoms with Crippen LogP contribution < -0.4 is 5.32 Å².